The highest BCUT2D eigenvalue weighted by Gasteiger charge is 2.20. The Morgan fingerprint density at radius 2 is 2.20 bits per heavy atom. The van der Waals surface area contributed by atoms with E-state index in [1.54, 1.807) is 18.3 Å². The SMILES string of the molecule is N#Cc1cccnc1N1CCC(F)CC1. The van der Waals surface area contributed by atoms with Crippen molar-refractivity contribution in [2.75, 3.05) is 18.0 Å². The fourth-order valence-corrected chi connectivity index (χ4v) is 1.80. The van der Waals surface area contributed by atoms with E-state index in [9.17, 15) is 4.39 Å². The smallest absolute Gasteiger partial charge is 0.146 e. The summed E-state index contributed by atoms with van der Waals surface area (Å²) in [6.07, 6.45) is 2.02. The summed E-state index contributed by atoms with van der Waals surface area (Å²) in [5.41, 5.74) is 0.565. The Bertz CT molecular complexity index is 378. The van der Waals surface area contributed by atoms with E-state index in [0.29, 0.717) is 37.3 Å². The number of hydrogen-bond donors (Lipinski definition) is 0. The minimum atomic E-state index is -0.699. The monoisotopic (exact) mass is 205 g/mol. The van der Waals surface area contributed by atoms with Gasteiger partial charge in [-0.3, -0.25) is 0 Å². The predicted molar refractivity (Wildman–Crippen MR) is 55.3 cm³/mol. The highest BCUT2D eigenvalue weighted by Crippen LogP contribution is 2.22. The lowest BCUT2D eigenvalue weighted by molar-refractivity contribution is 0.276. The van der Waals surface area contributed by atoms with E-state index in [2.05, 4.69) is 11.1 Å². The van der Waals surface area contributed by atoms with Crippen LogP contribution in [0.5, 0.6) is 0 Å². The topological polar surface area (TPSA) is 39.9 Å². The van der Waals surface area contributed by atoms with E-state index < -0.39 is 6.17 Å². The molecule has 1 saturated heterocycles. The summed E-state index contributed by atoms with van der Waals surface area (Å²) >= 11 is 0. The average molecular weight is 205 g/mol. The molecular formula is C11H12FN3. The maximum absolute atomic E-state index is 12.9. The van der Waals surface area contributed by atoms with Crippen LogP contribution in [0.1, 0.15) is 18.4 Å². The number of rotatable bonds is 1. The molecule has 3 nitrogen and oxygen atoms in total. The minimum Gasteiger partial charge on any atom is -0.355 e. The van der Waals surface area contributed by atoms with Crippen molar-refractivity contribution in [2.45, 2.75) is 19.0 Å². The molecule has 0 radical (unpaired) electrons. The number of pyridine rings is 1. The van der Waals surface area contributed by atoms with Gasteiger partial charge in [0.15, 0.2) is 0 Å². The second-order valence-electron chi connectivity index (χ2n) is 3.65. The zero-order chi connectivity index (χ0) is 10.7. The molecular weight excluding hydrogens is 193 g/mol. The Balaban J connectivity index is 2.19. The molecule has 15 heavy (non-hydrogen) atoms. The molecule has 0 saturated carbocycles. The van der Waals surface area contributed by atoms with Crippen LogP contribution in [0, 0.1) is 11.3 Å². The number of nitrogens with zero attached hydrogens (tertiary/aromatic N) is 3. The first-order valence-electron chi connectivity index (χ1n) is 5.05. The van der Waals surface area contributed by atoms with Gasteiger partial charge in [-0.1, -0.05) is 0 Å². The highest BCUT2D eigenvalue weighted by atomic mass is 19.1. The number of aromatic nitrogens is 1. The third-order valence-electron chi connectivity index (χ3n) is 2.63. The largest absolute Gasteiger partial charge is 0.355 e. The average Bonchev–Trinajstić information content (AvgIpc) is 2.30. The Hall–Kier alpha value is -1.63. The zero-order valence-electron chi connectivity index (χ0n) is 8.36. The molecule has 0 amide bonds. The Labute approximate surface area is 88.2 Å². The van der Waals surface area contributed by atoms with Gasteiger partial charge in [0, 0.05) is 19.3 Å². The van der Waals surface area contributed by atoms with Crippen LogP contribution in [0.2, 0.25) is 0 Å². The Morgan fingerprint density at radius 1 is 1.47 bits per heavy atom. The van der Waals surface area contributed by atoms with Crippen molar-refractivity contribution < 1.29 is 4.39 Å². The zero-order valence-corrected chi connectivity index (χ0v) is 8.36. The van der Waals surface area contributed by atoms with E-state index >= 15 is 0 Å². The third kappa shape index (κ3) is 2.07. The normalized spacial score (nSPS) is 17.5. The van der Waals surface area contributed by atoms with Crippen molar-refractivity contribution in [1.82, 2.24) is 4.98 Å². The van der Waals surface area contributed by atoms with Gasteiger partial charge in [0.25, 0.3) is 0 Å². The van der Waals surface area contributed by atoms with Crippen molar-refractivity contribution in [3.8, 4) is 6.07 Å². The second-order valence-corrected chi connectivity index (χ2v) is 3.65. The lowest BCUT2D eigenvalue weighted by atomic mass is 10.1. The van der Waals surface area contributed by atoms with Crippen molar-refractivity contribution >= 4 is 5.82 Å². The predicted octanol–water partition coefficient (Wildman–Crippen LogP) is 1.89. The summed E-state index contributed by atoms with van der Waals surface area (Å²) in [5, 5.41) is 8.91. The minimum absolute atomic E-state index is 0.529. The lowest BCUT2D eigenvalue weighted by Crippen LogP contribution is -2.35. The first-order chi connectivity index (χ1) is 7.31. The summed E-state index contributed by atoms with van der Waals surface area (Å²) in [5.74, 6) is 0.687. The first kappa shape index (κ1) is 9.91. The van der Waals surface area contributed by atoms with E-state index in [0.717, 1.165) is 0 Å². The quantitative estimate of drug-likeness (QED) is 0.702. The van der Waals surface area contributed by atoms with Gasteiger partial charge in [-0.15, -0.1) is 0 Å². The van der Waals surface area contributed by atoms with E-state index in [1.165, 1.54) is 0 Å². The van der Waals surface area contributed by atoms with E-state index in [1.807, 2.05) is 4.90 Å². The van der Waals surface area contributed by atoms with Gasteiger partial charge in [-0.25, -0.2) is 9.37 Å². The van der Waals surface area contributed by atoms with Crippen LogP contribution in [-0.2, 0) is 0 Å². The van der Waals surface area contributed by atoms with Crippen LogP contribution in [0.25, 0.3) is 0 Å². The number of hydrogen-bond acceptors (Lipinski definition) is 3. The molecule has 1 aliphatic heterocycles. The van der Waals surface area contributed by atoms with Crippen LogP contribution in [0.4, 0.5) is 10.2 Å². The molecule has 1 aromatic rings. The van der Waals surface area contributed by atoms with Gasteiger partial charge in [-0.05, 0) is 25.0 Å². The van der Waals surface area contributed by atoms with Crippen molar-refractivity contribution in [1.29, 1.82) is 5.26 Å². The van der Waals surface area contributed by atoms with E-state index in [4.69, 9.17) is 5.26 Å². The van der Waals surface area contributed by atoms with Gasteiger partial charge in [0.1, 0.15) is 18.1 Å². The fourth-order valence-electron chi connectivity index (χ4n) is 1.80. The van der Waals surface area contributed by atoms with E-state index in [-0.39, 0.29) is 0 Å². The summed E-state index contributed by atoms with van der Waals surface area (Å²) < 4.78 is 12.9. The van der Waals surface area contributed by atoms with Crippen LogP contribution in [0.15, 0.2) is 18.3 Å². The maximum atomic E-state index is 12.9. The van der Waals surface area contributed by atoms with Gasteiger partial charge >= 0.3 is 0 Å². The summed E-state index contributed by atoms with van der Waals surface area (Å²) in [7, 11) is 0. The maximum Gasteiger partial charge on any atom is 0.146 e. The summed E-state index contributed by atoms with van der Waals surface area (Å²) in [4.78, 5) is 6.16. The number of piperidine rings is 1. The van der Waals surface area contributed by atoms with Crippen LogP contribution in [-0.4, -0.2) is 24.2 Å². The standard InChI is InChI=1S/C11H12FN3/c12-10-3-6-15(7-4-10)11-9(8-13)2-1-5-14-11/h1-2,5,10H,3-4,6-7H2. The van der Waals surface area contributed by atoms with Crippen LogP contribution < -0.4 is 4.90 Å². The molecule has 0 unspecified atom stereocenters. The first-order valence-corrected chi connectivity index (χ1v) is 5.05. The Kier molecular flexibility index (Phi) is 2.82. The molecule has 0 aromatic carbocycles. The van der Waals surface area contributed by atoms with Crippen LogP contribution >= 0.6 is 0 Å². The van der Waals surface area contributed by atoms with Gasteiger partial charge < -0.3 is 4.90 Å². The highest BCUT2D eigenvalue weighted by molar-refractivity contribution is 5.53. The molecule has 0 bridgehead atoms. The fraction of sp³-hybridized carbons (Fsp3) is 0.455. The van der Waals surface area contributed by atoms with Crippen molar-refractivity contribution in [3.63, 3.8) is 0 Å². The molecule has 1 aromatic heterocycles. The second kappa shape index (κ2) is 4.26. The molecule has 2 rings (SSSR count). The molecule has 4 heteroatoms. The molecule has 1 aliphatic rings. The summed E-state index contributed by atoms with van der Waals surface area (Å²) in [6.45, 7) is 1.29. The molecule has 0 N–H and O–H groups in total. The molecule has 0 spiro atoms. The Morgan fingerprint density at radius 3 is 2.87 bits per heavy atom. The molecule has 0 aliphatic carbocycles. The molecule has 2 heterocycles. The molecule has 0 atom stereocenters. The number of halogens is 1. The number of nitriles is 1. The number of alkyl halides is 1. The molecule has 78 valence electrons. The third-order valence-corrected chi connectivity index (χ3v) is 2.63. The number of anilines is 1. The van der Waals surface area contributed by atoms with Gasteiger partial charge in [0.2, 0.25) is 0 Å². The van der Waals surface area contributed by atoms with Crippen LogP contribution in [0.3, 0.4) is 0 Å². The molecule has 1 fully saturated rings. The van der Waals surface area contributed by atoms with Gasteiger partial charge in [-0.2, -0.15) is 5.26 Å². The lowest BCUT2D eigenvalue weighted by Gasteiger charge is -2.29. The van der Waals surface area contributed by atoms with Gasteiger partial charge in [0.05, 0.1) is 5.56 Å². The van der Waals surface area contributed by atoms with Crippen molar-refractivity contribution in [2.24, 2.45) is 0 Å². The summed E-state index contributed by atoms with van der Waals surface area (Å²) in [6, 6.07) is 5.59. The van der Waals surface area contributed by atoms with Crippen molar-refractivity contribution in [3.05, 3.63) is 23.9 Å².